The van der Waals surface area contributed by atoms with E-state index < -0.39 is 0 Å². The summed E-state index contributed by atoms with van der Waals surface area (Å²) in [6.07, 6.45) is 2.15. The van der Waals surface area contributed by atoms with E-state index in [0.717, 1.165) is 38.3 Å². The van der Waals surface area contributed by atoms with Crippen LogP contribution in [0.5, 0.6) is 0 Å². The maximum absolute atomic E-state index is 11.8. The minimum absolute atomic E-state index is 0.0352. The molecule has 0 aliphatic carbocycles. The van der Waals surface area contributed by atoms with Gasteiger partial charge in [0.25, 0.3) is 0 Å². The van der Waals surface area contributed by atoms with Crippen LogP contribution in [0.15, 0.2) is 52.3 Å². The second-order valence-corrected chi connectivity index (χ2v) is 6.54. The first-order valence-corrected chi connectivity index (χ1v) is 9.12. The monoisotopic (exact) mass is 342 g/mol. The van der Waals surface area contributed by atoms with Gasteiger partial charge >= 0.3 is 0 Å². The van der Waals surface area contributed by atoms with Gasteiger partial charge in [-0.3, -0.25) is 9.69 Å². The molecule has 1 fully saturated rings. The molecule has 5 nitrogen and oxygen atoms in total. The molecule has 1 aliphatic rings. The maximum atomic E-state index is 11.8. The van der Waals surface area contributed by atoms with E-state index in [0.29, 0.717) is 6.42 Å². The summed E-state index contributed by atoms with van der Waals surface area (Å²) in [5.74, 6) is -0.0352. The molecule has 126 valence electrons. The molecule has 1 aliphatic heterocycles. The van der Waals surface area contributed by atoms with E-state index >= 15 is 0 Å². The zero-order valence-electron chi connectivity index (χ0n) is 13.6. The zero-order chi connectivity index (χ0) is 16.6. The SMILES string of the molecule is O=C(CCN1CCN(c2ccccc2)CC1)N/N=C/c1ccsc1. The van der Waals surface area contributed by atoms with Crippen molar-refractivity contribution in [1.29, 1.82) is 0 Å². The summed E-state index contributed by atoms with van der Waals surface area (Å²) in [6, 6.07) is 12.4. The summed E-state index contributed by atoms with van der Waals surface area (Å²) in [7, 11) is 0. The molecule has 0 saturated carbocycles. The molecular weight excluding hydrogens is 320 g/mol. The molecule has 0 spiro atoms. The van der Waals surface area contributed by atoms with Crippen molar-refractivity contribution in [3.63, 3.8) is 0 Å². The first kappa shape index (κ1) is 16.7. The van der Waals surface area contributed by atoms with Gasteiger partial charge in [-0.2, -0.15) is 16.4 Å². The average Bonchev–Trinajstić information content (AvgIpc) is 3.15. The number of carbonyl (C=O) groups excluding carboxylic acids is 1. The number of thiophene rings is 1. The summed E-state index contributed by atoms with van der Waals surface area (Å²) in [6.45, 7) is 4.76. The molecule has 2 aromatic rings. The highest BCUT2D eigenvalue weighted by Gasteiger charge is 2.17. The molecule has 1 saturated heterocycles. The van der Waals surface area contributed by atoms with Gasteiger partial charge in [0.05, 0.1) is 6.21 Å². The third-order valence-electron chi connectivity index (χ3n) is 4.09. The fourth-order valence-electron chi connectivity index (χ4n) is 2.71. The van der Waals surface area contributed by atoms with Crippen LogP contribution in [0.3, 0.4) is 0 Å². The number of nitrogens with one attached hydrogen (secondary N) is 1. The Bertz CT molecular complexity index is 649. The minimum atomic E-state index is -0.0352. The molecule has 0 unspecified atom stereocenters. The van der Waals surface area contributed by atoms with Crippen molar-refractivity contribution in [3.05, 3.63) is 52.7 Å². The van der Waals surface area contributed by atoms with Crippen LogP contribution in [0.25, 0.3) is 0 Å². The Morgan fingerprint density at radius 2 is 1.96 bits per heavy atom. The van der Waals surface area contributed by atoms with Crippen molar-refractivity contribution in [3.8, 4) is 0 Å². The van der Waals surface area contributed by atoms with Gasteiger partial charge in [0, 0.05) is 50.4 Å². The van der Waals surface area contributed by atoms with Crippen molar-refractivity contribution in [2.45, 2.75) is 6.42 Å². The molecule has 1 N–H and O–H groups in total. The standard InChI is InChI=1S/C18H22N4OS/c23-18(20-19-14-16-7-13-24-15-16)6-8-21-9-11-22(12-10-21)17-4-2-1-3-5-17/h1-5,7,13-15H,6,8-12H2,(H,20,23)/b19-14+. The highest BCUT2D eigenvalue weighted by Crippen LogP contribution is 2.15. The second-order valence-electron chi connectivity index (χ2n) is 5.76. The Morgan fingerprint density at radius 1 is 1.17 bits per heavy atom. The van der Waals surface area contributed by atoms with Crippen molar-refractivity contribution in [1.82, 2.24) is 10.3 Å². The van der Waals surface area contributed by atoms with Gasteiger partial charge in [0.2, 0.25) is 5.91 Å². The fraction of sp³-hybridized carbons (Fsp3) is 0.333. The van der Waals surface area contributed by atoms with Crippen LogP contribution in [0.1, 0.15) is 12.0 Å². The molecule has 6 heteroatoms. The third-order valence-corrected chi connectivity index (χ3v) is 4.80. The van der Waals surface area contributed by atoms with Gasteiger partial charge in [0.1, 0.15) is 0 Å². The Labute approximate surface area is 146 Å². The van der Waals surface area contributed by atoms with E-state index in [1.165, 1.54) is 5.69 Å². The van der Waals surface area contributed by atoms with Crippen LogP contribution < -0.4 is 10.3 Å². The molecule has 0 atom stereocenters. The van der Waals surface area contributed by atoms with Crippen molar-refractivity contribution < 1.29 is 4.79 Å². The molecule has 1 aromatic heterocycles. The van der Waals surface area contributed by atoms with Crippen molar-refractivity contribution in [2.24, 2.45) is 5.10 Å². The van der Waals surface area contributed by atoms with Crippen molar-refractivity contribution in [2.75, 3.05) is 37.6 Å². The summed E-state index contributed by atoms with van der Waals surface area (Å²) < 4.78 is 0. The third kappa shape index (κ3) is 4.91. The largest absolute Gasteiger partial charge is 0.369 e. The van der Waals surface area contributed by atoms with Gasteiger partial charge < -0.3 is 4.90 Å². The minimum Gasteiger partial charge on any atom is -0.369 e. The summed E-state index contributed by atoms with van der Waals surface area (Å²) in [4.78, 5) is 16.6. The predicted octanol–water partition coefficient (Wildman–Crippen LogP) is 2.41. The number of para-hydroxylation sites is 1. The van der Waals surface area contributed by atoms with Crippen LogP contribution in [0, 0.1) is 0 Å². The Morgan fingerprint density at radius 3 is 2.67 bits per heavy atom. The number of anilines is 1. The maximum Gasteiger partial charge on any atom is 0.241 e. The van der Waals surface area contributed by atoms with Gasteiger partial charge in [0.15, 0.2) is 0 Å². The van der Waals surface area contributed by atoms with Crippen molar-refractivity contribution >= 4 is 29.1 Å². The zero-order valence-corrected chi connectivity index (χ0v) is 14.4. The van der Waals surface area contributed by atoms with Crippen LogP contribution in [-0.2, 0) is 4.79 Å². The summed E-state index contributed by atoms with van der Waals surface area (Å²) in [5.41, 5.74) is 4.88. The van der Waals surface area contributed by atoms with E-state index in [4.69, 9.17) is 0 Å². The van der Waals surface area contributed by atoms with E-state index in [-0.39, 0.29) is 5.91 Å². The number of rotatable bonds is 6. The van der Waals surface area contributed by atoms with E-state index in [9.17, 15) is 4.79 Å². The normalized spacial score (nSPS) is 15.8. The van der Waals surface area contributed by atoms with Crippen LogP contribution >= 0.6 is 11.3 Å². The molecular formula is C18H22N4OS. The second kappa shape index (κ2) is 8.61. The van der Waals surface area contributed by atoms with E-state index in [1.807, 2.05) is 22.9 Å². The smallest absolute Gasteiger partial charge is 0.241 e. The van der Waals surface area contributed by atoms with Gasteiger partial charge in [-0.25, -0.2) is 5.43 Å². The first-order valence-electron chi connectivity index (χ1n) is 8.18. The number of hydrogen-bond acceptors (Lipinski definition) is 5. The highest BCUT2D eigenvalue weighted by molar-refractivity contribution is 7.08. The lowest BCUT2D eigenvalue weighted by atomic mass is 10.2. The lowest BCUT2D eigenvalue weighted by Crippen LogP contribution is -2.47. The van der Waals surface area contributed by atoms with E-state index in [1.54, 1.807) is 17.6 Å². The number of piperazine rings is 1. The topological polar surface area (TPSA) is 47.9 Å². The molecule has 2 heterocycles. The lowest BCUT2D eigenvalue weighted by molar-refractivity contribution is -0.121. The Balaban J connectivity index is 1.35. The number of hydrazone groups is 1. The van der Waals surface area contributed by atoms with Gasteiger partial charge in [-0.1, -0.05) is 18.2 Å². The number of amides is 1. The molecule has 3 rings (SSSR count). The molecule has 0 radical (unpaired) electrons. The number of benzene rings is 1. The number of nitrogens with zero attached hydrogens (tertiary/aromatic N) is 3. The van der Waals surface area contributed by atoms with Crippen LogP contribution in [-0.4, -0.2) is 49.7 Å². The lowest BCUT2D eigenvalue weighted by Gasteiger charge is -2.36. The Kier molecular flexibility index (Phi) is 5.98. The quantitative estimate of drug-likeness (QED) is 0.648. The molecule has 0 bridgehead atoms. The van der Waals surface area contributed by atoms with Crippen LogP contribution in [0.2, 0.25) is 0 Å². The number of hydrogen-bond donors (Lipinski definition) is 1. The molecule has 1 amide bonds. The summed E-state index contributed by atoms with van der Waals surface area (Å²) >= 11 is 1.61. The highest BCUT2D eigenvalue weighted by atomic mass is 32.1. The first-order chi connectivity index (χ1) is 11.8. The fourth-order valence-corrected chi connectivity index (χ4v) is 3.32. The summed E-state index contributed by atoms with van der Waals surface area (Å²) in [5, 5.41) is 7.96. The number of carbonyl (C=O) groups is 1. The predicted molar refractivity (Wildman–Crippen MR) is 99.8 cm³/mol. The Hall–Kier alpha value is -2.18. The molecule has 1 aromatic carbocycles. The van der Waals surface area contributed by atoms with Crippen LogP contribution in [0.4, 0.5) is 5.69 Å². The van der Waals surface area contributed by atoms with Gasteiger partial charge in [-0.15, -0.1) is 0 Å². The molecule has 24 heavy (non-hydrogen) atoms. The van der Waals surface area contributed by atoms with E-state index in [2.05, 4.69) is 44.6 Å². The van der Waals surface area contributed by atoms with Gasteiger partial charge in [-0.05, 0) is 29.0 Å². The average molecular weight is 342 g/mol.